The predicted octanol–water partition coefficient (Wildman–Crippen LogP) is 1.22. The van der Waals surface area contributed by atoms with Crippen LogP contribution < -0.4 is 15.8 Å². The quantitative estimate of drug-likeness (QED) is 0.680. The lowest BCUT2D eigenvalue weighted by atomic mass is 10.1. The van der Waals surface area contributed by atoms with Gasteiger partial charge in [-0.25, -0.2) is 4.39 Å². The van der Waals surface area contributed by atoms with Crippen molar-refractivity contribution in [1.82, 2.24) is 0 Å². The molecule has 1 aliphatic rings. The zero-order chi connectivity index (χ0) is 9.26. The van der Waals surface area contributed by atoms with Crippen LogP contribution in [0.2, 0.25) is 0 Å². The SMILES string of the molecule is CNc1ccc2c(c1F)=CCCC=2. The molecule has 0 atom stereocenters. The van der Waals surface area contributed by atoms with Crippen LogP contribution >= 0.6 is 0 Å². The van der Waals surface area contributed by atoms with Gasteiger partial charge in [-0.15, -0.1) is 0 Å². The normalized spacial score (nSPS) is 14.0. The van der Waals surface area contributed by atoms with E-state index in [1.54, 1.807) is 13.1 Å². The maximum absolute atomic E-state index is 13.6. The zero-order valence-corrected chi connectivity index (χ0v) is 7.60. The number of hydrogen-bond donors (Lipinski definition) is 1. The van der Waals surface area contributed by atoms with E-state index in [0.29, 0.717) is 5.69 Å². The smallest absolute Gasteiger partial charge is 0.153 e. The molecule has 68 valence electrons. The average molecular weight is 177 g/mol. The third kappa shape index (κ3) is 1.32. The molecule has 0 aliphatic heterocycles. The van der Waals surface area contributed by atoms with Gasteiger partial charge in [-0.3, -0.25) is 0 Å². The molecule has 0 unspecified atom stereocenters. The molecule has 1 N–H and O–H groups in total. The first kappa shape index (κ1) is 8.30. The second-order valence-corrected chi connectivity index (χ2v) is 3.17. The van der Waals surface area contributed by atoms with E-state index >= 15 is 0 Å². The van der Waals surface area contributed by atoms with Gasteiger partial charge in [-0.2, -0.15) is 0 Å². The van der Waals surface area contributed by atoms with Crippen LogP contribution in [0, 0.1) is 5.82 Å². The highest BCUT2D eigenvalue weighted by atomic mass is 19.1. The minimum absolute atomic E-state index is 0.129. The predicted molar refractivity (Wildman–Crippen MR) is 53.4 cm³/mol. The first-order valence-corrected chi connectivity index (χ1v) is 4.49. The number of rotatable bonds is 1. The number of hydrogen-bond acceptors (Lipinski definition) is 1. The number of anilines is 1. The molecule has 2 rings (SSSR count). The summed E-state index contributed by atoms with van der Waals surface area (Å²) in [6.45, 7) is 0. The van der Waals surface area contributed by atoms with Crippen LogP contribution in [0.1, 0.15) is 12.8 Å². The Morgan fingerprint density at radius 3 is 2.77 bits per heavy atom. The first-order chi connectivity index (χ1) is 6.33. The number of fused-ring (bicyclic) bond motifs is 1. The Labute approximate surface area is 76.6 Å². The number of nitrogens with one attached hydrogen (secondary N) is 1. The van der Waals surface area contributed by atoms with Gasteiger partial charge in [0.2, 0.25) is 0 Å². The fourth-order valence-electron chi connectivity index (χ4n) is 1.65. The van der Waals surface area contributed by atoms with E-state index in [9.17, 15) is 4.39 Å². The monoisotopic (exact) mass is 177 g/mol. The molecule has 0 bridgehead atoms. The highest BCUT2D eigenvalue weighted by molar-refractivity contribution is 5.50. The van der Waals surface area contributed by atoms with E-state index in [1.807, 2.05) is 12.1 Å². The summed E-state index contributed by atoms with van der Waals surface area (Å²) in [5, 5.41) is 4.60. The van der Waals surface area contributed by atoms with Gasteiger partial charge in [-0.05, 0) is 24.1 Å². The summed E-state index contributed by atoms with van der Waals surface area (Å²) in [5.41, 5.74) is 0.574. The van der Waals surface area contributed by atoms with Crippen LogP contribution in [-0.2, 0) is 0 Å². The summed E-state index contributed by atoms with van der Waals surface area (Å²) in [4.78, 5) is 0. The molecular formula is C11H12FN. The number of halogens is 1. The fraction of sp³-hybridized carbons (Fsp3) is 0.273. The summed E-state index contributed by atoms with van der Waals surface area (Å²) in [7, 11) is 1.73. The zero-order valence-electron chi connectivity index (χ0n) is 7.60. The molecule has 0 fully saturated rings. The Balaban J connectivity index is 2.77. The maximum Gasteiger partial charge on any atom is 0.153 e. The van der Waals surface area contributed by atoms with E-state index < -0.39 is 0 Å². The van der Waals surface area contributed by atoms with Gasteiger partial charge in [0.1, 0.15) is 0 Å². The Bertz CT molecular complexity index is 434. The van der Waals surface area contributed by atoms with Crippen molar-refractivity contribution < 1.29 is 4.39 Å². The first-order valence-electron chi connectivity index (χ1n) is 4.49. The van der Waals surface area contributed by atoms with E-state index in [0.717, 1.165) is 23.3 Å². The largest absolute Gasteiger partial charge is 0.386 e. The molecule has 2 heteroatoms. The lowest BCUT2D eigenvalue weighted by molar-refractivity contribution is 0.620. The van der Waals surface area contributed by atoms with Gasteiger partial charge in [0, 0.05) is 12.3 Å². The molecule has 0 aromatic heterocycles. The highest BCUT2D eigenvalue weighted by Gasteiger charge is 2.03. The molecule has 0 spiro atoms. The average Bonchev–Trinajstić information content (AvgIpc) is 2.19. The van der Waals surface area contributed by atoms with E-state index in [2.05, 4.69) is 11.4 Å². The van der Waals surface area contributed by atoms with E-state index in [-0.39, 0.29) is 5.82 Å². The van der Waals surface area contributed by atoms with Crippen LogP contribution in [0.3, 0.4) is 0 Å². The number of benzene rings is 1. The van der Waals surface area contributed by atoms with Crippen LogP contribution in [0.15, 0.2) is 12.1 Å². The van der Waals surface area contributed by atoms with Gasteiger partial charge in [-0.1, -0.05) is 18.2 Å². The maximum atomic E-state index is 13.6. The lowest BCUT2D eigenvalue weighted by Gasteiger charge is -2.05. The van der Waals surface area contributed by atoms with Crippen molar-refractivity contribution >= 4 is 17.8 Å². The van der Waals surface area contributed by atoms with E-state index in [4.69, 9.17) is 0 Å². The summed E-state index contributed by atoms with van der Waals surface area (Å²) in [6, 6.07) is 3.74. The highest BCUT2D eigenvalue weighted by Crippen LogP contribution is 2.07. The van der Waals surface area contributed by atoms with Crippen LogP contribution in [0.25, 0.3) is 12.2 Å². The minimum atomic E-state index is -0.129. The standard InChI is InChI=1S/C11H12FN/c1-13-10-7-6-8-4-2-3-5-9(8)11(10)12/h4-7,13H,2-3H2,1H3. The minimum Gasteiger partial charge on any atom is -0.386 e. The molecule has 1 aliphatic carbocycles. The fourth-order valence-corrected chi connectivity index (χ4v) is 1.65. The molecule has 0 heterocycles. The van der Waals surface area contributed by atoms with Crippen LogP contribution in [-0.4, -0.2) is 7.05 Å². The summed E-state index contributed by atoms with van der Waals surface area (Å²) >= 11 is 0. The van der Waals surface area contributed by atoms with Crippen molar-refractivity contribution in [3.63, 3.8) is 0 Å². The van der Waals surface area contributed by atoms with Gasteiger partial charge >= 0.3 is 0 Å². The van der Waals surface area contributed by atoms with Crippen molar-refractivity contribution in [2.45, 2.75) is 12.8 Å². The van der Waals surface area contributed by atoms with Gasteiger partial charge < -0.3 is 5.32 Å². The van der Waals surface area contributed by atoms with Gasteiger partial charge in [0.25, 0.3) is 0 Å². The summed E-state index contributed by atoms with van der Waals surface area (Å²) < 4.78 is 13.6. The Morgan fingerprint density at radius 1 is 1.23 bits per heavy atom. The molecule has 1 aromatic rings. The Kier molecular flexibility index (Phi) is 2.05. The molecular weight excluding hydrogens is 165 g/mol. The van der Waals surface area contributed by atoms with E-state index in [1.165, 1.54) is 0 Å². The molecule has 1 nitrogen and oxygen atoms in total. The Morgan fingerprint density at radius 2 is 2.00 bits per heavy atom. The van der Waals surface area contributed by atoms with Gasteiger partial charge in [0.05, 0.1) is 5.69 Å². The van der Waals surface area contributed by atoms with Crippen molar-refractivity contribution in [3.05, 3.63) is 28.4 Å². The topological polar surface area (TPSA) is 12.0 Å². The molecule has 0 saturated heterocycles. The van der Waals surface area contributed by atoms with Crippen molar-refractivity contribution in [2.24, 2.45) is 0 Å². The molecule has 0 amide bonds. The second kappa shape index (κ2) is 3.21. The lowest BCUT2D eigenvalue weighted by Crippen LogP contribution is -2.30. The summed E-state index contributed by atoms with van der Waals surface area (Å²) in [5.74, 6) is -0.129. The van der Waals surface area contributed by atoms with Gasteiger partial charge in [0.15, 0.2) is 5.82 Å². The molecule has 0 radical (unpaired) electrons. The third-order valence-electron chi connectivity index (χ3n) is 2.36. The van der Waals surface area contributed by atoms with Crippen LogP contribution in [0.4, 0.5) is 10.1 Å². The molecule has 13 heavy (non-hydrogen) atoms. The molecule has 1 aromatic carbocycles. The molecule has 0 saturated carbocycles. The Hall–Kier alpha value is -1.31. The summed E-state index contributed by atoms with van der Waals surface area (Å²) in [6.07, 6.45) is 6.01. The van der Waals surface area contributed by atoms with Crippen molar-refractivity contribution in [3.8, 4) is 0 Å². The third-order valence-corrected chi connectivity index (χ3v) is 2.36. The van der Waals surface area contributed by atoms with Crippen molar-refractivity contribution in [1.29, 1.82) is 0 Å². The second-order valence-electron chi connectivity index (χ2n) is 3.17. The van der Waals surface area contributed by atoms with Crippen LogP contribution in [0.5, 0.6) is 0 Å². The van der Waals surface area contributed by atoms with Crippen molar-refractivity contribution in [2.75, 3.05) is 12.4 Å².